The largest absolute Gasteiger partial charge is 0.354 e. The summed E-state index contributed by atoms with van der Waals surface area (Å²) in [6.45, 7) is 6.67. The summed E-state index contributed by atoms with van der Waals surface area (Å²) in [6, 6.07) is 60.2. The zero-order chi connectivity index (χ0) is 33.2. The molecule has 7 aromatic rings. The van der Waals surface area contributed by atoms with Crippen molar-refractivity contribution in [1.29, 1.82) is 0 Å². The number of hydrogen-bond acceptors (Lipinski definition) is 2. The van der Waals surface area contributed by atoms with Crippen molar-refractivity contribution in [3.8, 4) is 22.3 Å². The van der Waals surface area contributed by atoms with Gasteiger partial charge < -0.3 is 10.2 Å². The van der Waals surface area contributed by atoms with E-state index in [4.69, 9.17) is 0 Å². The summed E-state index contributed by atoms with van der Waals surface area (Å²) < 4.78 is 0. The van der Waals surface area contributed by atoms with Gasteiger partial charge in [-0.05, 0) is 106 Å². The molecule has 0 aromatic heterocycles. The van der Waals surface area contributed by atoms with E-state index in [1.165, 1.54) is 44.2 Å². The molecule has 0 fully saturated rings. The van der Waals surface area contributed by atoms with Gasteiger partial charge in [0.2, 0.25) is 0 Å². The van der Waals surface area contributed by atoms with Crippen molar-refractivity contribution < 1.29 is 0 Å². The van der Waals surface area contributed by atoms with Crippen molar-refractivity contribution in [2.45, 2.75) is 6.92 Å². The number of anilines is 4. The number of para-hydroxylation sites is 1. The normalized spacial score (nSPS) is 12.3. The summed E-state index contributed by atoms with van der Waals surface area (Å²) in [4.78, 5) is 2.32. The third-order valence-electron chi connectivity index (χ3n) is 9.28. The van der Waals surface area contributed by atoms with Crippen LogP contribution in [0.3, 0.4) is 0 Å². The minimum absolute atomic E-state index is 0.949. The summed E-state index contributed by atoms with van der Waals surface area (Å²) >= 11 is 0. The number of rotatable bonds is 8. The van der Waals surface area contributed by atoms with Crippen molar-refractivity contribution in [3.05, 3.63) is 205 Å². The fraction of sp³-hybridized carbons (Fsp3) is 0.0213. The second kappa shape index (κ2) is 13.0. The lowest BCUT2D eigenvalue weighted by Crippen LogP contribution is -2.15. The van der Waals surface area contributed by atoms with E-state index >= 15 is 0 Å². The maximum Gasteiger partial charge on any atom is 0.0470 e. The topological polar surface area (TPSA) is 15.3 Å². The van der Waals surface area contributed by atoms with Crippen LogP contribution in [0, 0.1) is 0 Å². The summed E-state index contributed by atoms with van der Waals surface area (Å²) in [5, 5.41) is 6.19. The Morgan fingerprint density at radius 3 is 1.86 bits per heavy atom. The Kier molecular flexibility index (Phi) is 7.97. The van der Waals surface area contributed by atoms with E-state index in [9.17, 15) is 0 Å². The van der Waals surface area contributed by atoms with Gasteiger partial charge in [-0.2, -0.15) is 0 Å². The average molecular weight is 629 g/mol. The minimum atomic E-state index is 0.949. The zero-order valence-corrected chi connectivity index (χ0v) is 27.5. The van der Waals surface area contributed by atoms with Gasteiger partial charge in [-0.15, -0.1) is 0 Å². The van der Waals surface area contributed by atoms with Gasteiger partial charge in [-0.25, -0.2) is 0 Å². The molecule has 1 N–H and O–H groups in total. The van der Waals surface area contributed by atoms with Crippen molar-refractivity contribution in [2.75, 3.05) is 10.2 Å². The number of benzene rings is 7. The van der Waals surface area contributed by atoms with Crippen LogP contribution in [0.4, 0.5) is 22.7 Å². The van der Waals surface area contributed by atoms with E-state index in [2.05, 4.69) is 200 Å². The van der Waals surface area contributed by atoms with Gasteiger partial charge in [0.1, 0.15) is 0 Å². The van der Waals surface area contributed by atoms with Gasteiger partial charge >= 0.3 is 0 Å². The van der Waals surface area contributed by atoms with Crippen LogP contribution in [0.25, 0.3) is 44.2 Å². The van der Waals surface area contributed by atoms with Crippen LogP contribution in [-0.4, -0.2) is 0 Å². The maximum atomic E-state index is 4.49. The van der Waals surface area contributed by atoms with Crippen LogP contribution in [0.2, 0.25) is 0 Å². The highest BCUT2D eigenvalue weighted by Crippen LogP contribution is 2.45. The number of hydrogen-bond donors (Lipinski definition) is 1. The van der Waals surface area contributed by atoms with Crippen molar-refractivity contribution in [3.63, 3.8) is 0 Å². The molecule has 1 aliphatic rings. The van der Waals surface area contributed by atoms with Crippen molar-refractivity contribution >= 4 is 44.7 Å². The van der Waals surface area contributed by atoms with E-state index in [0.29, 0.717) is 0 Å². The zero-order valence-electron chi connectivity index (χ0n) is 27.5. The van der Waals surface area contributed by atoms with Crippen LogP contribution in [0.5, 0.6) is 0 Å². The molecule has 1 aliphatic heterocycles. The summed E-state index contributed by atoms with van der Waals surface area (Å²) in [6.07, 6.45) is 4.46. The highest BCUT2D eigenvalue weighted by Gasteiger charge is 2.19. The monoisotopic (exact) mass is 628 g/mol. The molecule has 1 heterocycles. The molecule has 49 heavy (non-hydrogen) atoms. The molecule has 0 bridgehead atoms. The first-order chi connectivity index (χ1) is 24.1. The third kappa shape index (κ3) is 5.97. The lowest BCUT2D eigenvalue weighted by Gasteiger charge is -2.28. The molecule has 7 aromatic carbocycles. The van der Waals surface area contributed by atoms with Crippen LogP contribution >= 0.6 is 0 Å². The van der Waals surface area contributed by atoms with E-state index in [1.54, 1.807) is 0 Å². The van der Waals surface area contributed by atoms with Gasteiger partial charge in [-0.1, -0.05) is 134 Å². The molecular weight excluding hydrogens is 593 g/mol. The lowest BCUT2D eigenvalue weighted by molar-refractivity contribution is 1.21. The second-order valence-corrected chi connectivity index (χ2v) is 12.5. The molecule has 0 saturated carbocycles. The molecule has 0 radical (unpaired) electrons. The molecule has 0 amide bonds. The summed E-state index contributed by atoms with van der Waals surface area (Å²) in [7, 11) is 0. The molecule has 0 saturated heterocycles. The first kappa shape index (κ1) is 30.0. The highest BCUT2D eigenvalue weighted by molar-refractivity contribution is 6.11. The van der Waals surface area contributed by atoms with Gasteiger partial charge in [0.05, 0.1) is 0 Å². The van der Waals surface area contributed by atoms with Gasteiger partial charge in [0.25, 0.3) is 0 Å². The highest BCUT2D eigenvalue weighted by atomic mass is 15.1. The number of nitrogens with zero attached hydrogens (tertiary/aromatic N) is 1. The Labute approximate surface area is 288 Å². The standard InChI is InChI=1S/C47H36N2/c1-33(35-14-6-3-7-15-35)30-42(31-34(2)36-16-8-4-9-17-36)49(40-20-10-5-11-21-40)41-27-24-37(25-28-41)39-26-29-45-44(32-39)43-22-12-18-38-19-13-23-46(48-45)47(38)43/h3-32,48H,1H2,2H3/b34-31+,42-30+. The van der Waals surface area contributed by atoms with Crippen molar-refractivity contribution in [2.24, 2.45) is 0 Å². The molecule has 8 rings (SSSR count). The van der Waals surface area contributed by atoms with Crippen LogP contribution in [0.15, 0.2) is 194 Å². The van der Waals surface area contributed by atoms with Crippen molar-refractivity contribution in [1.82, 2.24) is 0 Å². The quantitative estimate of drug-likeness (QED) is 0.168. The summed E-state index contributed by atoms with van der Waals surface area (Å²) in [5.74, 6) is 0. The molecule has 2 nitrogen and oxygen atoms in total. The molecule has 0 spiro atoms. The first-order valence-corrected chi connectivity index (χ1v) is 16.7. The molecule has 0 aliphatic carbocycles. The predicted octanol–water partition coefficient (Wildman–Crippen LogP) is 13.1. The lowest BCUT2D eigenvalue weighted by atomic mass is 9.90. The van der Waals surface area contributed by atoms with E-state index in [0.717, 1.165) is 39.6 Å². The first-order valence-electron chi connectivity index (χ1n) is 16.7. The average Bonchev–Trinajstić information content (AvgIpc) is 3.16. The minimum Gasteiger partial charge on any atom is -0.354 e. The Bertz CT molecular complexity index is 2350. The Morgan fingerprint density at radius 2 is 1.14 bits per heavy atom. The predicted molar refractivity (Wildman–Crippen MR) is 210 cm³/mol. The number of fused-ring (bicyclic) bond motifs is 2. The van der Waals surface area contributed by atoms with E-state index < -0.39 is 0 Å². The molecule has 2 heteroatoms. The van der Waals surface area contributed by atoms with E-state index in [-0.39, 0.29) is 0 Å². The van der Waals surface area contributed by atoms with Crippen LogP contribution in [0.1, 0.15) is 18.1 Å². The number of nitrogens with one attached hydrogen (secondary N) is 1. The third-order valence-corrected chi connectivity index (χ3v) is 9.28. The van der Waals surface area contributed by atoms with Crippen LogP contribution in [-0.2, 0) is 0 Å². The van der Waals surface area contributed by atoms with Gasteiger partial charge in [0, 0.05) is 39.4 Å². The molecule has 0 atom stereocenters. The molecular formula is C47H36N2. The van der Waals surface area contributed by atoms with Crippen LogP contribution < -0.4 is 10.2 Å². The Morgan fingerprint density at radius 1 is 0.531 bits per heavy atom. The second-order valence-electron chi connectivity index (χ2n) is 12.5. The smallest absolute Gasteiger partial charge is 0.0470 e. The fourth-order valence-electron chi connectivity index (χ4n) is 6.79. The maximum absolute atomic E-state index is 4.49. The SMILES string of the molecule is C=C(/C=C(\C=C(/C)c1ccccc1)N(c1ccccc1)c1ccc(-c2ccc3c(c2)-c2cccc4cccc(c24)N3)cc1)c1ccccc1. The summed E-state index contributed by atoms with van der Waals surface area (Å²) in [5.41, 5.74) is 14.7. The fourth-order valence-corrected chi connectivity index (χ4v) is 6.79. The van der Waals surface area contributed by atoms with E-state index in [1.807, 2.05) is 6.07 Å². The molecule has 0 unspecified atom stereocenters. The number of allylic oxidation sites excluding steroid dienone is 4. The Balaban J connectivity index is 1.21. The molecule has 234 valence electrons. The van der Waals surface area contributed by atoms with Gasteiger partial charge in [-0.3, -0.25) is 0 Å². The Hall–Kier alpha value is -6.38. The van der Waals surface area contributed by atoms with Gasteiger partial charge in [0.15, 0.2) is 0 Å².